The first-order chi connectivity index (χ1) is 8.79. The first-order valence-corrected chi connectivity index (χ1v) is 6.04. The highest BCUT2D eigenvalue weighted by atomic mass is 16.5. The van der Waals surface area contributed by atoms with Crippen LogP contribution in [0.1, 0.15) is 16.7 Å². The average molecular weight is 242 g/mol. The van der Waals surface area contributed by atoms with Gasteiger partial charge in [0.05, 0.1) is 7.11 Å². The van der Waals surface area contributed by atoms with Crippen LogP contribution in [0.2, 0.25) is 0 Å². The van der Waals surface area contributed by atoms with Crippen LogP contribution in [0.5, 0.6) is 5.88 Å². The second-order valence-corrected chi connectivity index (χ2v) is 4.26. The predicted molar refractivity (Wildman–Crippen MR) is 72.5 cm³/mol. The van der Waals surface area contributed by atoms with Crippen LogP contribution in [0, 0.1) is 6.92 Å². The summed E-state index contributed by atoms with van der Waals surface area (Å²) in [7, 11) is 1.65. The van der Waals surface area contributed by atoms with Gasteiger partial charge in [-0.3, -0.25) is 0 Å². The summed E-state index contributed by atoms with van der Waals surface area (Å²) >= 11 is 0. The monoisotopic (exact) mass is 242 g/mol. The van der Waals surface area contributed by atoms with E-state index in [0.717, 1.165) is 18.7 Å². The number of aromatic nitrogens is 1. The SMILES string of the molecule is COc1ncccc1CNCc1cccc(C)c1. The van der Waals surface area contributed by atoms with E-state index in [4.69, 9.17) is 4.74 Å². The molecule has 0 aliphatic heterocycles. The molecule has 1 N–H and O–H groups in total. The second kappa shape index (κ2) is 6.17. The van der Waals surface area contributed by atoms with E-state index >= 15 is 0 Å². The Balaban J connectivity index is 1.92. The summed E-state index contributed by atoms with van der Waals surface area (Å²) in [6.07, 6.45) is 1.74. The first-order valence-electron chi connectivity index (χ1n) is 6.04. The molecule has 0 amide bonds. The highest BCUT2D eigenvalue weighted by Gasteiger charge is 2.02. The fourth-order valence-electron chi connectivity index (χ4n) is 1.91. The molecule has 0 fully saturated rings. The smallest absolute Gasteiger partial charge is 0.217 e. The number of ether oxygens (including phenoxy) is 1. The third-order valence-electron chi connectivity index (χ3n) is 2.77. The van der Waals surface area contributed by atoms with E-state index in [0.29, 0.717) is 5.88 Å². The maximum Gasteiger partial charge on any atom is 0.217 e. The summed E-state index contributed by atoms with van der Waals surface area (Å²) in [5.74, 6) is 0.689. The Bertz CT molecular complexity index is 511. The number of nitrogens with zero attached hydrogens (tertiary/aromatic N) is 1. The zero-order chi connectivity index (χ0) is 12.8. The van der Waals surface area contributed by atoms with Gasteiger partial charge in [-0.15, -0.1) is 0 Å². The van der Waals surface area contributed by atoms with E-state index in [9.17, 15) is 0 Å². The summed E-state index contributed by atoms with van der Waals surface area (Å²) in [5, 5.41) is 3.40. The molecule has 0 unspecified atom stereocenters. The van der Waals surface area contributed by atoms with Crippen LogP contribution in [-0.4, -0.2) is 12.1 Å². The molecule has 0 bridgehead atoms. The molecule has 1 aromatic heterocycles. The van der Waals surface area contributed by atoms with E-state index < -0.39 is 0 Å². The van der Waals surface area contributed by atoms with Crippen LogP contribution < -0.4 is 10.1 Å². The van der Waals surface area contributed by atoms with Gasteiger partial charge in [-0.2, -0.15) is 0 Å². The minimum absolute atomic E-state index is 0.689. The fourth-order valence-corrected chi connectivity index (χ4v) is 1.91. The minimum Gasteiger partial charge on any atom is -0.481 e. The predicted octanol–water partition coefficient (Wildman–Crippen LogP) is 2.69. The maximum atomic E-state index is 5.22. The molecule has 2 rings (SSSR count). The average Bonchev–Trinajstić information content (AvgIpc) is 2.39. The van der Waals surface area contributed by atoms with E-state index in [1.165, 1.54) is 11.1 Å². The zero-order valence-electron chi connectivity index (χ0n) is 10.8. The van der Waals surface area contributed by atoms with Gasteiger partial charge in [0.15, 0.2) is 0 Å². The van der Waals surface area contributed by atoms with Gasteiger partial charge < -0.3 is 10.1 Å². The Hall–Kier alpha value is -1.87. The number of aryl methyl sites for hydroxylation is 1. The van der Waals surface area contributed by atoms with Gasteiger partial charge >= 0.3 is 0 Å². The Morgan fingerprint density at radius 1 is 1.17 bits per heavy atom. The Kier molecular flexibility index (Phi) is 4.31. The Morgan fingerprint density at radius 3 is 2.83 bits per heavy atom. The lowest BCUT2D eigenvalue weighted by atomic mass is 10.1. The van der Waals surface area contributed by atoms with E-state index in [2.05, 4.69) is 41.5 Å². The largest absolute Gasteiger partial charge is 0.481 e. The molecule has 0 saturated heterocycles. The molecule has 0 spiro atoms. The van der Waals surface area contributed by atoms with Crippen LogP contribution in [0.25, 0.3) is 0 Å². The lowest BCUT2D eigenvalue weighted by Gasteiger charge is -2.08. The third kappa shape index (κ3) is 3.31. The molecule has 0 radical (unpaired) electrons. The van der Waals surface area contributed by atoms with Crippen molar-refractivity contribution in [1.29, 1.82) is 0 Å². The lowest BCUT2D eigenvalue weighted by molar-refractivity contribution is 0.390. The summed E-state index contributed by atoms with van der Waals surface area (Å²) in [5.41, 5.74) is 3.65. The van der Waals surface area contributed by atoms with Gasteiger partial charge in [-0.25, -0.2) is 4.98 Å². The molecule has 3 heteroatoms. The molecule has 1 heterocycles. The molecule has 0 saturated carbocycles. The number of benzene rings is 1. The van der Waals surface area contributed by atoms with E-state index in [1.807, 2.05) is 12.1 Å². The first kappa shape index (κ1) is 12.6. The fraction of sp³-hybridized carbons (Fsp3) is 0.267. The van der Waals surface area contributed by atoms with Gasteiger partial charge in [0.1, 0.15) is 0 Å². The maximum absolute atomic E-state index is 5.22. The molecule has 94 valence electrons. The second-order valence-electron chi connectivity index (χ2n) is 4.26. The highest BCUT2D eigenvalue weighted by Crippen LogP contribution is 2.13. The molecule has 3 nitrogen and oxygen atoms in total. The number of hydrogen-bond acceptors (Lipinski definition) is 3. The third-order valence-corrected chi connectivity index (χ3v) is 2.77. The number of pyridine rings is 1. The van der Waals surface area contributed by atoms with Crippen LogP contribution in [0.3, 0.4) is 0 Å². The zero-order valence-corrected chi connectivity index (χ0v) is 10.8. The van der Waals surface area contributed by atoms with Crippen molar-refractivity contribution in [1.82, 2.24) is 10.3 Å². The van der Waals surface area contributed by atoms with Gasteiger partial charge in [0.25, 0.3) is 0 Å². The van der Waals surface area contributed by atoms with Crippen molar-refractivity contribution < 1.29 is 4.74 Å². The number of nitrogens with one attached hydrogen (secondary N) is 1. The molecule has 0 aliphatic rings. The highest BCUT2D eigenvalue weighted by molar-refractivity contribution is 5.26. The van der Waals surface area contributed by atoms with Crippen molar-refractivity contribution in [2.24, 2.45) is 0 Å². The molecule has 0 atom stereocenters. The summed E-state index contributed by atoms with van der Waals surface area (Å²) in [4.78, 5) is 4.17. The van der Waals surface area contributed by atoms with Crippen molar-refractivity contribution in [2.75, 3.05) is 7.11 Å². The molecule has 1 aromatic carbocycles. The summed E-state index contributed by atoms with van der Waals surface area (Å²) in [6.45, 7) is 3.71. The van der Waals surface area contributed by atoms with Crippen molar-refractivity contribution in [3.05, 3.63) is 59.3 Å². The van der Waals surface area contributed by atoms with Crippen molar-refractivity contribution in [2.45, 2.75) is 20.0 Å². The van der Waals surface area contributed by atoms with Gasteiger partial charge in [-0.05, 0) is 18.6 Å². The quantitative estimate of drug-likeness (QED) is 0.875. The molecular weight excluding hydrogens is 224 g/mol. The molecular formula is C15H18N2O. The van der Waals surface area contributed by atoms with E-state index in [-0.39, 0.29) is 0 Å². The Labute approximate surface area is 108 Å². The Morgan fingerprint density at radius 2 is 2.06 bits per heavy atom. The summed E-state index contributed by atoms with van der Waals surface area (Å²) in [6, 6.07) is 12.4. The van der Waals surface area contributed by atoms with Gasteiger partial charge in [-0.1, -0.05) is 35.9 Å². The summed E-state index contributed by atoms with van der Waals surface area (Å²) < 4.78 is 5.22. The number of hydrogen-bond donors (Lipinski definition) is 1. The topological polar surface area (TPSA) is 34.1 Å². The lowest BCUT2D eigenvalue weighted by Crippen LogP contribution is -2.13. The molecule has 0 aliphatic carbocycles. The van der Waals surface area contributed by atoms with Crippen molar-refractivity contribution in [3.63, 3.8) is 0 Å². The standard InChI is InChI=1S/C15H18N2O/c1-12-5-3-6-13(9-12)10-16-11-14-7-4-8-17-15(14)18-2/h3-9,16H,10-11H2,1-2H3. The normalized spacial score (nSPS) is 10.3. The molecule has 2 aromatic rings. The van der Waals surface area contributed by atoms with Crippen LogP contribution in [0.15, 0.2) is 42.6 Å². The van der Waals surface area contributed by atoms with Gasteiger partial charge in [0.2, 0.25) is 5.88 Å². The van der Waals surface area contributed by atoms with E-state index in [1.54, 1.807) is 13.3 Å². The van der Waals surface area contributed by atoms with Crippen LogP contribution >= 0.6 is 0 Å². The van der Waals surface area contributed by atoms with Crippen molar-refractivity contribution >= 4 is 0 Å². The van der Waals surface area contributed by atoms with Gasteiger partial charge in [0, 0.05) is 24.8 Å². The van der Waals surface area contributed by atoms with Crippen molar-refractivity contribution in [3.8, 4) is 5.88 Å². The van der Waals surface area contributed by atoms with Crippen LogP contribution in [-0.2, 0) is 13.1 Å². The number of methoxy groups -OCH3 is 1. The van der Waals surface area contributed by atoms with Crippen LogP contribution in [0.4, 0.5) is 0 Å². The minimum atomic E-state index is 0.689. The molecule has 18 heavy (non-hydrogen) atoms. The number of rotatable bonds is 5.